The molecule has 0 atom stereocenters. The predicted octanol–water partition coefficient (Wildman–Crippen LogP) is 16.8. The molecule has 63 heavy (non-hydrogen) atoms. The number of hydrogen-bond acceptors (Lipinski definition) is 2. The van der Waals surface area contributed by atoms with Gasteiger partial charge in [-0.05, 0) is 99.6 Å². The Kier molecular flexibility index (Phi) is 8.83. The third kappa shape index (κ3) is 6.21. The molecule has 0 saturated heterocycles. The minimum atomic E-state index is 0.856. The Balaban J connectivity index is 1.04. The summed E-state index contributed by atoms with van der Waals surface area (Å²) in [5.41, 5.74) is 17.9. The fraction of sp³-hybridized carbons (Fsp3) is 0. The zero-order valence-electron chi connectivity index (χ0n) is 34.4. The first kappa shape index (κ1) is 36.5. The standard InChI is InChI=1S/C60H40N2O/c1-3-18-41(19-4-1)47-24-7-9-26-50(47)51-27-10-8-25-48(51)42-36-38-45(39-37-42)61(56-33-17-35-58-59(56)54-29-12-14-34-57(54)63-58)46-23-15-20-43(40-46)49-30-16-31-53-52-28-11-13-32-55(52)62(60(49)53)44-21-5-2-6-22-44/h1-40H. The van der Waals surface area contributed by atoms with E-state index in [2.05, 4.69) is 246 Å². The van der Waals surface area contributed by atoms with Crippen LogP contribution in [0.4, 0.5) is 17.1 Å². The number of fused-ring (bicyclic) bond motifs is 6. The molecule has 0 radical (unpaired) electrons. The Bertz CT molecular complexity index is 3620. The van der Waals surface area contributed by atoms with Gasteiger partial charge in [-0.15, -0.1) is 0 Å². The second kappa shape index (κ2) is 15.3. The molecular weight excluding hydrogens is 765 g/mol. The van der Waals surface area contributed by atoms with E-state index < -0.39 is 0 Å². The summed E-state index contributed by atoms with van der Waals surface area (Å²) in [7, 11) is 0. The van der Waals surface area contributed by atoms with Crippen molar-refractivity contribution < 1.29 is 4.42 Å². The monoisotopic (exact) mass is 804 g/mol. The SMILES string of the molecule is c1ccc(-c2ccccc2-c2ccccc2-c2ccc(N(c3cccc(-c4cccc5c6ccccc6n(-c6ccccc6)c45)c3)c3cccc4oc5ccccc5c34)cc2)cc1. The van der Waals surface area contributed by atoms with E-state index in [0.717, 1.165) is 55.8 Å². The normalized spacial score (nSPS) is 11.5. The van der Waals surface area contributed by atoms with Crippen LogP contribution in [0.5, 0.6) is 0 Å². The van der Waals surface area contributed by atoms with Gasteiger partial charge in [0.25, 0.3) is 0 Å². The van der Waals surface area contributed by atoms with Crippen molar-refractivity contribution in [2.45, 2.75) is 0 Å². The van der Waals surface area contributed by atoms with Crippen molar-refractivity contribution in [3.8, 4) is 50.2 Å². The number of hydrogen-bond donors (Lipinski definition) is 0. The van der Waals surface area contributed by atoms with Crippen molar-refractivity contribution in [1.82, 2.24) is 4.57 Å². The molecule has 0 amide bonds. The van der Waals surface area contributed by atoms with Gasteiger partial charge in [0.15, 0.2) is 0 Å². The van der Waals surface area contributed by atoms with Gasteiger partial charge in [-0.25, -0.2) is 0 Å². The first-order valence-corrected chi connectivity index (χ1v) is 21.5. The minimum absolute atomic E-state index is 0.856. The highest BCUT2D eigenvalue weighted by molar-refractivity contribution is 6.15. The van der Waals surface area contributed by atoms with Gasteiger partial charge in [-0.3, -0.25) is 0 Å². The van der Waals surface area contributed by atoms with Gasteiger partial charge in [0.1, 0.15) is 11.2 Å². The summed E-state index contributed by atoms with van der Waals surface area (Å²) in [5, 5.41) is 4.63. The Hall–Kier alpha value is -8.40. The smallest absolute Gasteiger partial charge is 0.137 e. The molecule has 0 bridgehead atoms. The number of anilines is 3. The van der Waals surface area contributed by atoms with E-state index in [0.29, 0.717) is 0 Å². The predicted molar refractivity (Wildman–Crippen MR) is 264 cm³/mol. The van der Waals surface area contributed by atoms with E-state index in [1.54, 1.807) is 0 Å². The third-order valence-corrected chi connectivity index (χ3v) is 12.4. The van der Waals surface area contributed by atoms with Crippen LogP contribution in [0, 0.1) is 0 Å². The molecule has 2 aromatic heterocycles. The molecule has 0 fully saturated rings. The fourth-order valence-corrected chi connectivity index (χ4v) is 9.63. The van der Waals surface area contributed by atoms with Crippen molar-refractivity contribution in [3.63, 3.8) is 0 Å². The van der Waals surface area contributed by atoms with E-state index in [-0.39, 0.29) is 0 Å². The highest BCUT2D eigenvalue weighted by Gasteiger charge is 2.22. The largest absolute Gasteiger partial charge is 0.456 e. The van der Waals surface area contributed by atoms with Crippen LogP contribution in [0.2, 0.25) is 0 Å². The van der Waals surface area contributed by atoms with Gasteiger partial charge in [0, 0.05) is 38.8 Å². The molecule has 0 saturated carbocycles. The number of rotatable bonds is 8. The lowest BCUT2D eigenvalue weighted by atomic mass is 9.89. The fourth-order valence-electron chi connectivity index (χ4n) is 9.63. The molecule has 0 spiro atoms. The summed E-state index contributed by atoms with van der Waals surface area (Å²) in [4.78, 5) is 2.39. The number of para-hydroxylation sites is 4. The maximum absolute atomic E-state index is 6.48. The molecule has 0 unspecified atom stereocenters. The maximum atomic E-state index is 6.48. The molecule has 0 N–H and O–H groups in total. The highest BCUT2D eigenvalue weighted by Crippen LogP contribution is 2.46. The average molecular weight is 805 g/mol. The minimum Gasteiger partial charge on any atom is -0.456 e. The van der Waals surface area contributed by atoms with Crippen molar-refractivity contribution in [2.24, 2.45) is 0 Å². The van der Waals surface area contributed by atoms with Crippen molar-refractivity contribution in [1.29, 1.82) is 0 Å². The number of furan rings is 1. The lowest BCUT2D eigenvalue weighted by molar-refractivity contribution is 0.669. The molecule has 0 aliphatic rings. The molecule has 2 heterocycles. The van der Waals surface area contributed by atoms with Crippen LogP contribution >= 0.6 is 0 Å². The summed E-state index contributed by atoms with van der Waals surface area (Å²) in [6.07, 6.45) is 0. The highest BCUT2D eigenvalue weighted by atomic mass is 16.3. The van der Waals surface area contributed by atoms with E-state index >= 15 is 0 Å². The van der Waals surface area contributed by atoms with Crippen LogP contribution in [-0.4, -0.2) is 4.57 Å². The van der Waals surface area contributed by atoms with Gasteiger partial charge >= 0.3 is 0 Å². The summed E-state index contributed by atoms with van der Waals surface area (Å²) in [5.74, 6) is 0. The Morgan fingerprint density at radius 2 is 0.873 bits per heavy atom. The number of benzene rings is 10. The summed E-state index contributed by atoms with van der Waals surface area (Å²) in [6, 6.07) is 87.1. The first-order valence-electron chi connectivity index (χ1n) is 21.5. The van der Waals surface area contributed by atoms with Gasteiger partial charge in [-0.1, -0.05) is 182 Å². The molecule has 10 aromatic carbocycles. The van der Waals surface area contributed by atoms with Crippen LogP contribution < -0.4 is 4.90 Å². The van der Waals surface area contributed by atoms with Gasteiger partial charge in [0.05, 0.1) is 22.1 Å². The molecule has 296 valence electrons. The van der Waals surface area contributed by atoms with Crippen molar-refractivity contribution >= 4 is 60.8 Å². The average Bonchev–Trinajstić information content (AvgIpc) is 3.92. The Labute approximate surface area is 366 Å². The van der Waals surface area contributed by atoms with Crippen LogP contribution in [0.1, 0.15) is 0 Å². The van der Waals surface area contributed by atoms with Crippen molar-refractivity contribution in [2.75, 3.05) is 4.90 Å². The Morgan fingerprint density at radius 1 is 0.333 bits per heavy atom. The van der Waals surface area contributed by atoms with E-state index in [4.69, 9.17) is 4.42 Å². The van der Waals surface area contributed by atoms with Crippen LogP contribution in [-0.2, 0) is 0 Å². The zero-order valence-corrected chi connectivity index (χ0v) is 34.4. The van der Waals surface area contributed by atoms with Gasteiger partial charge < -0.3 is 13.9 Å². The maximum Gasteiger partial charge on any atom is 0.137 e. The lowest BCUT2D eigenvalue weighted by Gasteiger charge is -2.27. The topological polar surface area (TPSA) is 21.3 Å². The van der Waals surface area contributed by atoms with Gasteiger partial charge in [0.2, 0.25) is 0 Å². The molecule has 3 nitrogen and oxygen atoms in total. The summed E-state index contributed by atoms with van der Waals surface area (Å²) < 4.78 is 8.90. The lowest BCUT2D eigenvalue weighted by Crippen LogP contribution is -2.10. The van der Waals surface area contributed by atoms with Crippen LogP contribution in [0.25, 0.3) is 93.9 Å². The number of aromatic nitrogens is 1. The van der Waals surface area contributed by atoms with Crippen LogP contribution in [0.3, 0.4) is 0 Å². The Morgan fingerprint density at radius 3 is 1.63 bits per heavy atom. The van der Waals surface area contributed by atoms with E-state index in [1.165, 1.54) is 55.2 Å². The summed E-state index contributed by atoms with van der Waals surface area (Å²) in [6.45, 7) is 0. The molecular formula is C60H40N2O. The number of nitrogens with zero attached hydrogens (tertiary/aromatic N) is 2. The van der Waals surface area contributed by atoms with E-state index in [1.807, 2.05) is 6.07 Å². The third-order valence-electron chi connectivity index (χ3n) is 12.4. The molecule has 0 aliphatic carbocycles. The van der Waals surface area contributed by atoms with Crippen molar-refractivity contribution in [3.05, 3.63) is 243 Å². The summed E-state index contributed by atoms with van der Waals surface area (Å²) >= 11 is 0. The first-order chi connectivity index (χ1) is 31.3. The zero-order chi connectivity index (χ0) is 41.7. The molecule has 3 heteroatoms. The van der Waals surface area contributed by atoms with Gasteiger partial charge in [-0.2, -0.15) is 0 Å². The quantitative estimate of drug-likeness (QED) is 0.153. The second-order valence-corrected chi connectivity index (χ2v) is 16.0. The molecule has 12 rings (SSSR count). The van der Waals surface area contributed by atoms with E-state index in [9.17, 15) is 0 Å². The second-order valence-electron chi connectivity index (χ2n) is 16.0. The van der Waals surface area contributed by atoms with Crippen LogP contribution in [0.15, 0.2) is 247 Å². The molecule has 12 aromatic rings. The molecule has 0 aliphatic heterocycles.